The summed E-state index contributed by atoms with van der Waals surface area (Å²) in [7, 11) is 0. The zero-order chi connectivity index (χ0) is 11.4. The highest BCUT2D eigenvalue weighted by Crippen LogP contribution is 2.17. The van der Waals surface area contributed by atoms with Crippen molar-refractivity contribution in [2.45, 2.75) is 18.9 Å². The second-order valence-corrected chi connectivity index (χ2v) is 5.15. The Hall–Kier alpha value is -0.810. The van der Waals surface area contributed by atoms with E-state index in [4.69, 9.17) is 11.6 Å². The first-order valence-electron chi connectivity index (χ1n) is 5.12. The van der Waals surface area contributed by atoms with Crippen molar-refractivity contribution in [2.75, 3.05) is 11.5 Å². The molecule has 1 unspecified atom stereocenters. The van der Waals surface area contributed by atoms with Gasteiger partial charge in [-0.05, 0) is 18.6 Å². The van der Waals surface area contributed by atoms with Gasteiger partial charge in [0.25, 0.3) is 5.91 Å². The van der Waals surface area contributed by atoms with E-state index in [2.05, 4.69) is 15.3 Å². The van der Waals surface area contributed by atoms with Crippen LogP contribution in [0.15, 0.2) is 12.4 Å². The highest BCUT2D eigenvalue weighted by atomic mass is 35.5. The molecule has 1 aliphatic heterocycles. The first-order chi connectivity index (χ1) is 7.75. The number of carbonyl (C=O) groups excluding carboxylic acids is 1. The van der Waals surface area contributed by atoms with E-state index in [0.29, 0.717) is 0 Å². The lowest BCUT2D eigenvalue weighted by Crippen LogP contribution is -2.38. The number of rotatable bonds is 2. The van der Waals surface area contributed by atoms with Crippen molar-refractivity contribution in [3.63, 3.8) is 0 Å². The normalized spacial score (nSPS) is 20.4. The Bertz CT molecular complexity index is 382. The molecule has 0 aromatic carbocycles. The zero-order valence-corrected chi connectivity index (χ0v) is 10.2. The first kappa shape index (κ1) is 11.7. The van der Waals surface area contributed by atoms with Gasteiger partial charge in [-0.1, -0.05) is 11.6 Å². The summed E-state index contributed by atoms with van der Waals surface area (Å²) in [5, 5.41) is 3.18. The van der Waals surface area contributed by atoms with Gasteiger partial charge in [0.1, 0.15) is 10.8 Å². The summed E-state index contributed by atoms with van der Waals surface area (Å²) >= 11 is 7.54. The third-order valence-corrected chi connectivity index (χ3v) is 3.73. The fourth-order valence-electron chi connectivity index (χ4n) is 1.57. The van der Waals surface area contributed by atoms with Crippen LogP contribution in [0.4, 0.5) is 0 Å². The second kappa shape index (κ2) is 5.50. The molecular weight excluding hydrogens is 246 g/mol. The third-order valence-electron chi connectivity index (χ3n) is 2.33. The maximum Gasteiger partial charge on any atom is 0.271 e. The van der Waals surface area contributed by atoms with Crippen molar-refractivity contribution < 1.29 is 4.79 Å². The molecule has 0 saturated carbocycles. The van der Waals surface area contributed by atoms with Gasteiger partial charge in [-0.3, -0.25) is 9.78 Å². The van der Waals surface area contributed by atoms with Gasteiger partial charge in [-0.2, -0.15) is 11.8 Å². The van der Waals surface area contributed by atoms with Crippen molar-refractivity contribution in [3.8, 4) is 0 Å². The van der Waals surface area contributed by atoms with Gasteiger partial charge >= 0.3 is 0 Å². The van der Waals surface area contributed by atoms with Gasteiger partial charge in [0.15, 0.2) is 0 Å². The largest absolute Gasteiger partial charge is 0.347 e. The van der Waals surface area contributed by atoms with E-state index in [-0.39, 0.29) is 22.8 Å². The van der Waals surface area contributed by atoms with Gasteiger partial charge in [-0.25, -0.2) is 4.98 Å². The summed E-state index contributed by atoms with van der Waals surface area (Å²) in [6.07, 6.45) is 5.02. The fourth-order valence-corrected chi connectivity index (χ4v) is 2.78. The molecule has 0 spiro atoms. The van der Waals surface area contributed by atoms with Crippen LogP contribution in [0, 0.1) is 0 Å². The Kier molecular flexibility index (Phi) is 4.01. The number of nitrogens with zero attached hydrogens (tertiary/aromatic N) is 2. The predicted molar refractivity (Wildman–Crippen MR) is 64.9 cm³/mol. The van der Waals surface area contributed by atoms with Crippen molar-refractivity contribution >= 4 is 29.3 Å². The van der Waals surface area contributed by atoms with Crippen LogP contribution >= 0.6 is 23.4 Å². The molecule has 0 bridgehead atoms. The molecule has 2 rings (SSSR count). The van der Waals surface area contributed by atoms with E-state index in [9.17, 15) is 4.79 Å². The molecule has 6 heteroatoms. The molecule has 4 nitrogen and oxygen atoms in total. The second-order valence-electron chi connectivity index (χ2n) is 3.61. The Morgan fingerprint density at radius 3 is 3.12 bits per heavy atom. The monoisotopic (exact) mass is 257 g/mol. The Labute approximate surface area is 103 Å². The number of carbonyl (C=O) groups is 1. The van der Waals surface area contributed by atoms with Gasteiger partial charge in [0.05, 0.1) is 12.4 Å². The number of amides is 1. The molecule has 1 aromatic heterocycles. The molecule has 0 aliphatic carbocycles. The van der Waals surface area contributed by atoms with Crippen LogP contribution in [0.3, 0.4) is 0 Å². The summed E-state index contributed by atoms with van der Waals surface area (Å²) in [6.45, 7) is 0. The van der Waals surface area contributed by atoms with Crippen LogP contribution in [-0.4, -0.2) is 33.4 Å². The Morgan fingerprint density at radius 1 is 1.56 bits per heavy atom. The summed E-state index contributed by atoms with van der Waals surface area (Å²) in [4.78, 5) is 19.5. The minimum absolute atomic E-state index is 0.192. The summed E-state index contributed by atoms with van der Waals surface area (Å²) in [5.41, 5.74) is 0.281. The lowest BCUT2D eigenvalue weighted by atomic mass is 10.2. The lowest BCUT2D eigenvalue weighted by Gasteiger charge is -2.22. The standard InChI is InChI=1S/C10H12ClN3OS/c11-9-5-12-4-8(14-9)10(15)13-7-2-1-3-16-6-7/h4-5,7H,1-3,6H2,(H,13,15). The third kappa shape index (κ3) is 3.09. The van der Waals surface area contributed by atoms with Crippen molar-refractivity contribution in [2.24, 2.45) is 0 Å². The van der Waals surface area contributed by atoms with Crippen molar-refractivity contribution in [1.29, 1.82) is 0 Å². The predicted octanol–water partition coefficient (Wildman–Crippen LogP) is 1.76. The molecule has 1 aliphatic rings. The van der Waals surface area contributed by atoms with Gasteiger partial charge < -0.3 is 5.32 Å². The van der Waals surface area contributed by atoms with Gasteiger partial charge in [0, 0.05) is 11.8 Å². The number of aromatic nitrogens is 2. The molecule has 1 fully saturated rings. The maximum atomic E-state index is 11.8. The van der Waals surface area contributed by atoms with E-state index < -0.39 is 0 Å². The van der Waals surface area contributed by atoms with Gasteiger partial charge in [0.2, 0.25) is 0 Å². The number of thioether (sulfide) groups is 1. The highest BCUT2D eigenvalue weighted by Gasteiger charge is 2.17. The van der Waals surface area contributed by atoms with Crippen LogP contribution in [0.2, 0.25) is 5.15 Å². The molecule has 1 aromatic rings. The quantitative estimate of drug-likeness (QED) is 0.877. The van der Waals surface area contributed by atoms with Gasteiger partial charge in [-0.15, -0.1) is 0 Å². The van der Waals surface area contributed by atoms with Crippen LogP contribution in [0.25, 0.3) is 0 Å². The summed E-state index contributed by atoms with van der Waals surface area (Å²) in [5.74, 6) is 1.96. The van der Waals surface area contributed by atoms with E-state index in [1.807, 2.05) is 11.8 Å². The molecule has 1 amide bonds. The highest BCUT2D eigenvalue weighted by molar-refractivity contribution is 7.99. The van der Waals surface area contributed by atoms with Crippen LogP contribution < -0.4 is 5.32 Å². The van der Waals surface area contributed by atoms with Crippen LogP contribution in [0.5, 0.6) is 0 Å². The molecular formula is C10H12ClN3OS. The molecule has 0 radical (unpaired) electrons. The smallest absolute Gasteiger partial charge is 0.271 e. The summed E-state index contributed by atoms with van der Waals surface area (Å²) in [6, 6.07) is 0.243. The average molecular weight is 258 g/mol. The zero-order valence-electron chi connectivity index (χ0n) is 8.65. The van der Waals surface area contributed by atoms with E-state index in [1.165, 1.54) is 18.1 Å². The van der Waals surface area contributed by atoms with Crippen LogP contribution in [0.1, 0.15) is 23.3 Å². The summed E-state index contributed by atoms with van der Waals surface area (Å²) < 4.78 is 0. The number of hydrogen-bond acceptors (Lipinski definition) is 4. The molecule has 1 saturated heterocycles. The molecule has 1 N–H and O–H groups in total. The molecule has 16 heavy (non-hydrogen) atoms. The van der Waals surface area contributed by atoms with E-state index in [1.54, 1.807) is 0 Å². The number of hydrogen-bond donors (Lipinski definition) is 1. The minimum atomic E-state index is -0.192. The number of halogens is 1. The number of nitrogens with one attached hydrogen (secondary N) is 1. The van der Waals surface area contributed by atoms with Crippen molar-refractivity contribution in [3.05, 3.63) is 23.2 Å². The molecule has 86 valence electrons. The van der Waals surface area contributed by atoms with Crippen LogP contribution in [-0.2, 0) is 0 Å². The van der Waals surface area contributed by atoms with E-state index in [0.717, 1.165) is 18.6 Å². The SMILES string of the molecule is O=C(NC1CCCSC1)c1cncc(Cl)n1. The molecule has 1 atom stereocenters. The maximum absolute atomic E-state index is 11.8. The topological polar surface area (TPSA) is 54.9 Å². The van der Waals surface area contributed by atoms with Crippen molar-refractivity contribution in [1.82, 2.24) is 15.3 Å². The Morgan fingerprint density at radius 2 is 2.44 bits per heavy atom. The fraction of sp³-hybridized carbons (Fsp3) is 0.500. The average Bonchev–Trinajstić information content (AvgIpc) is 2.30. The first-order valence-corrected chi connectivity index (χ1v) is 6.65. The Balaban J connectivity index is 1.97. The molecule has 2 heterocycles. The van der Waals surface area contributed by atoms with E-state index >= 15 is 0 Å². The lowest BCUT2D eigenvalue weighted by molar-refractivity contribution is 0.0933. The minimum Gasteiger partial charge on any atom is -0.347 e.